The number of rotatable bonds is 7. The van der Waals surface area contributed by atoms with Crippen molar-refractivity contribution in [2.45, 2.75) is 20.4 Å². The normalized spacial score (nSPS) is 11.2. The minimum absolute atomic E-state index is 0.0343. The molecule has 0 fully saturated rings. The summed E-state index contributed by atoms with van der Waals surface area (Å²) in [5, 5.41) is 12.9. The molecule has 6 nitrogen and oxygen atoms in total. The molecule has 6 heteroatoms. The van der Waals surface area contributed by atoms with E-state index in [0.29, 0.717) is 30.7 Å². The fourth-order valence-electron chi connectivity index (χ4n) is 2.11. The number of hydrogen-bond donors (Lipinski definition) is 1. The number of aliphatic carboxylic acids is 1. The zero-order valence-corrected chi connectivity index (χ0v) is 12.2. The lowest BCUT2D eigenvalue weighted by atomic mass is 10.2. The smallest absolute Gasteiger partial charge is 0.317 e. The second kappa shape index (κ2) is 6.99. The summed E-state index contributed by atoms with van der Waals surface area (Å²) in [7, 11) is 0. The molecule has 0 unspecified atom stereocenters. The number of hydrogen-bond acceptors (Lipinski definition) is 5. The van der Waals surface area contributed by atoms with E-state index in [-0.39, 0.29) is 6.54 Å². The molecule has 0 saturated carbocycles. The second-order valence-electron chi connectivity index (χ2n) is 5.34. The Bertz CT molecular complexity index is 581. The summed E-state index contributed by atoms with van der Waals surface area (Å²) in [5.74, 6) is 0.452. The van der Waals surface area contributed by atoms with Crippen LogP contribution in [0.4, 0.5) is 0 Å². The van der Waals surface area contributed by atoms with Crippen molar-refractivity contribution in [3.05, 3.63) is 36.2 Å². The number of benzene rings is 1. The zero-order chi connectivity index (χ0) is 15.2. The molecule has 1 heterocycles. The SMILES string of the molecule is CC(C)CN(CC(=O)O)Cc1noc(-c2ccccc2)n1. The van der Waals surface area contributed by atoms with Crippen LogP contribution in [0, 0.1) is 5.92 Å². The molecule has 1 N–H and O–H groups in total. The van der Waals surface area contributed by atoms with E-state index in [1.54, 1.807) is 4.90 Å². The van der Waals surface area contributed by atoms with Gasteiger partial charge in [-0.1, -0.05) is 37.2 Å². The van der Waals surface area contributed by atoms with Gasteiger partial charge in [-0.25, -0.2) is 0 Å². The highest BCUT2D eigenvalue weighted by atomic mass is 16.5. The standard InChI is InChI=1S/C15H19N3O3/c1-11(2)8-18(10-14(19)20)9-13-16-15(21-17-13)12-6-4-3-5-7-12/h3-7,11H,8-10H2,1-2H3,(H,19,20). The van der Waals surface area contributed by atoms with E-state index in [9.17, 15) is 4.79 Å². The molecule has 0 bridgehead atoms. The lowest BCUT2D eigenvalue weighted by Gasteiger charge is -2.20. The van der Waals surface area contributed by atoms with Gasteiger partial charge in [-0.15, -0.1) is 0 Å². The third kappa shape index (κ3) is 4.68. The third-order valence-corrected chi connectivity index (χ3v) is 2.84. The van der Waals surface area contributed by atoms with Gasteiger partial charge in [0.1, 0.15) is 0 Å². The first-order chi connectivity index (χ1) is 10.0. The van der Waals surface area contributed by atoms with Crippen LogP contribution in [0.2, 0.25) is 0 Å². The summed E-state index contributed by atoms with van der Waals surface area (Å²) in [6, 6.07) is 9.49. The van der Waals surface area contributed by atoms with Crippen LogP contribution in [0.15, 0.2) is 34.9 Å². The Morgan fingerprint density at radius 3 is 2.67 bits per heavy atom. The van der Waals surface area contributed by atoms with Crippen molar-refractivity contribution in [2.24, 2.45) is 5.92 Å². The highest BCUT2D eigenvalue weighted by molar-refractivity contribution is 5.69. The van der Waals surface area contributed by atoms with Crippen molar-refractivity contribution < 1.29 is 14.4 Å². The average molecular weight is 289 g/mol. The van der Waals surface area contributed by atoms with Gasteiger partial charge in [0.2, 0.25) is 0 Å². The van der Waals surface area contributed by atoms with Gasteiger partial charge >= 0.3 is 5.97 Å². The van der Waals surface area contributed by atoms with Crippen LogP contribution in [0.1, 0.15) is 19.7 Å². The molecule has 0 radical (unpaired) electrons. The Morgan fingerprint density at radius 2 is 2.05 bits per heavy atom. The first-order valence-corrected chi connectivity index (χ1v) is 6.86. The van der Waals surface area contributed by atoms with Crippen molar-refractivity contribution in [3.8, 4) is 11.5 Å². The number of carboxylic acid groups (broad SMARTS) is 1. The first-order valence-electron chi connectivity index (χ1n) is 6.86. The highest BCUT2D eigenvalue weighted by Crippen LogP contribution is 2.16. The van der Waals surface area contributed by atoms with Crippen molar-refractivity contribution in [1.29, 1.82) is 0 Å². The summed E-state index contributed by atoms with van der Waals surface area (Å²) < 4.78 is 5.23. The lowest BCUT2D eigenvalue weighted by molar-refractivity contribution is -0.138. The van der Waals surface area contributed by atoms with E-state index < -0.39 is 5.97 Å². The third-order valence-electron chi connectivity index (χ3n) is 2.84. The Morgan fingerprint density at radius 1 is 1.33 bits per heavy atom. The molecule has 0 atom stereocenters. The maximum atomic E-state index is 10.9. The molecule has 0 saturated heterocycles. The van der Waals surface area contributed by atoms with Gasteiger partial charge in [0.15, 0.2) is 5.82 Å². The second-order valence-corrected chi connectivity index (χ2v) is 5.34. The molecule has 0 aliphatic heterocycles. The molecule has 112 valence electrons. The predicted octanol–water partition coefficient (Wildman–Crippen LogP) is 2.28. The monoisotopic (exact) mass is 289 g/mol. The topological polar surface area (TPSA) is 79.5 Å². The largest absolute Gasteiger partial charge is 0.480 e. The maximum absolute atomic E-state index is 10.9. The Hall–Kier alpha value is -2.21. The molecular weight excluding hydrogens is 270 g/mol. The quantitative estimate of drug-likeness (QED) is 0.842. The van der Waals surface area contributed by atoms with E-state index in [1.165, 1.54) is 0 Å². The van der Waals surface area contributed by atoms with Gasteiger partial charge in [-0.05, 0) is 18.1 Å². The Kier molecular flexibility index (Phi) is 5.05. The van der Waals surface area contributed by atoms with Gasteiger partial charge in [0.25, 0.3) is 5.89 Å². The van der Waals surface area contributed by atoms with E-state index in [2.05, 4.69) is 10.1 Å². The summed E-state index contributed by atoms with van der Waals surface area (Å²) >= 11 is 0. The number of carboxylic acids is 1. The Balaban J connectivity index is 2.07. The minimum Gasteiger partial charge on any atom is -0.480 e. The molecular formula is C15H19N3O3. The fraction of sp³-hybridized carbons (Fsp3) is 0.400. The van der Waals surface area contributed by atoms with Crippen molar-refractivity contribution in [2.75, 3.05) is 13.1 Å². The molecule has 0 aliphatic carbocycles. The van der Waals surface area contributed by atoms with E-state index >= 15 is 0 Å². The van der Waals surface area contributed by atoms with E-state index in [4.69, 9.17) is 9.63 Å². The summed E-state index contributed by atoms with van der Waals surface area (Å²) in [6.45, 7) is 5.08. The van der Waals surface area contributed by atoms with E-state index in [0.717, 1.165) is 5.56 Å². The predicted molar refractivity (Wildman–Crippen MR) is 77.5 cm³/mol. The van der Waals surface area contributed by atoms with Crippen molar-refractivity contribution >= 4 is 5.97 Å². The van der Waals surface area contributed by atoms with Crippen LogP contribution in [0.3, 0.4) is 0 Å². The van der Waals surface area contributed by atoms with Crippen LogP contribution in [0.5, 0.6) is 0 Å². The number of nitrogens with zero attached hydrogens (tertiary/aromatic N) is 3. The molecule has 0 aliphatic rings. The first kappa shape index (κ1) is 15.2. The van der Waals surface area contributed by atoms with Gasteiger partial charge in [0, 0.05) is 12.1 Å². The van der Waals surface area contributed by atoms with Crippen molar-refractivity contribution in [3.63, 3.8) is 0 Å². The van der Waals surface area contributed by atoms with Crippen LogP contribution in [0.25, 0.3) is 11.5 Å². The average Bonchev–Trinajstić information content (AvgIpc) is 2.86. The summed E-state index contributed by atoms with van der Waals surface area (Å²) in [4.78, 5) is 17.0. The minimum atomic E-state index is -0.859. The molecule has 2 rings (SSSR count). The highest BCUT2D eigenvalue weighted by Gasteiger charge is 2.16. The Labute approximate surface area is 123 Å². The van der Waals surface area contributed by atoms with Gasteiger partial charge in [-0.2, -0.15) is 4.98 Å². The van der Waals surface area contributed by atoms with Crippen LogP contribution in [-0.2, 0) is 11.3 Å². The molecule has 0 amide bonds. The molecule has 1 aromatic heterocycles. The van der Waals surface area contributed by atoms with Gasteiger partial charge < -0.3 is 9.63 Å². The molecule has 21 heavy (non-hydrogen) atoms. The number of carbonyl (C=O) groups is 1. The van der Waals surface area contributed by atoms with Gasteiger partial charge in [-0.3, -0.25) is 9.69 Å². The number of aromatic nitrogens is 2. The van der Waals surface area contributed by atoms with Gasteiger partial charge in [0.05, 0.1) is 13.1 Å². The van der Waals surface area contributed by atoms with Crippen molar-refractivity contribution in [1.82, 2.24) is 15.0 Å². The van der Waals surface area contributed by atoms with E-state index in [1.807, 2.05) is 44.2 Å². The van der Waals surface area contributed by atoms with Crippen LogP contribution in [-0.4, -0.2) is 39.2 Å². The van der Waals surface area contributed by atoms with Crippen LogP contribution >= 0.6 is 0 Å². The molecule has 0 spiro atoms. The molecule has 2 aromatic rings. The van der Waals surface area contributed by atoms with Crippen LogP contribution < -0.4 is 0 Å². The summed E-state index contributed by atoms with van der Waals surface area (Å²) in [6.07, 6.45) is 0. The molecule has 1 aromatic carbocycles. The zero-order valence-electron chi connectivity index (χ0n) is 12.2. The fourth-order valence-corrected chi connectivity index (χ4v) is 2.11. The lowest BCUT2D eigenvalue weighted by Crippen LogP contribution is -2.32. The summed E-state index contributed by atoms with van der Waals surface area (Å²) in [5.41, 5.74) is 0.852. The maximum Gasteiger partial charge on any atom is 0.317 e.